The highest BCUT2D eigenvalue weighted by atomic mass is 16.3. The van der Waals surface area contributed by atoms with Crippen LogP contribution in [-0.4, -0.2) is 41.6 Å². The van der Waals surface area contributed by atoms with Crippen LogP contribution < -0.4 is 5.32 Å². The van der Waals surface area contributed by atoms with Crippen molar-refractivity contribution in [3.05, 3.63) is 29.3 Å². The Balaban J connectivity index is 2.03. The average Bonchev–Trinajstić information content (AvgIpc) is 2.47. The number of amides is 1. The lowest BCUT2D eigenvalue weighted by Crippen LogP contribution is -2.50. The fourth-order valence-corrected chi connectivity index (χ4v) is 2.95. The molecule has 1 fully saturated rings. The number of hydrogen-bond donors (Lipinski definition) is 2. The van der Waals surface area contributed by atoms with E-state index in [1.807, 2.05) is 17.9 Å². The molecular weight excluding hydrogens is 264 g/mol. The van der Waals surface area contributed by atoms with E-state index in [0.717, 1.165) is 38.0 Å². The molecule has 4 heteroatoms. The maximum atomic E-state index is 12.6. The third-order valence-electron chi connectivity index (χ3n) is 4.23. The minimum absolute atomic E-state index is 0.0583. The lowest BCUT2D eigenvalue weighted by Gasteiger charge is -2.37. The fourth-order valence-electron chi connectivity index (χ4n) is 2.95. The Bertz CT molecular complexity index is 502. The highest BCUT2D eigenvalue weighted by Crippen LogP contribution is 2.24. The van der Waals surface area contributed by atoms with Crippen LogP contribution in [0.1, 0.15) is 42.6 Å². The van der Waals surface area contributed by atoms with Crippen LogP contribution in [0.4, 0.5) is 0 Å². The van der Waals surface area contributed by atoms with Gasteiger partial charge in [0.1, 0.15) is 5.75 Å². The van der Waals surface area contributed by atoms with Gasteiger partial charge in [-0.2, -0.15) is 0 Å². The van der Waals surface area contributed by atoms with E-state index in [0.29, 0.717) is 17.5 Å². The van der Waals surface area contributed by atoms with E-state index in [-0.39, 0.29) is 11.7 Å². The summed E-state index contributed by atoms with van der Waals surface area (Å²) in [6.45, 7) is 8.80. The van der Waals surface area contributed by atoms with E-state index in [4.69, 9.17) is 0 Å². The number of nitrogens with one attached hydrogen (secondary N) is 1. The first-order valence-corrected chi connectivity index (χ1v) is 7.85. The number of carbonyl (C=O) groups excluding carboxylic acids is 1. The largest absolute Gasteiger partial charge is 0.507 e. The van der Waals surface area contributed by atoms with Crippen LogP contribution >= 0.6 is 0 Å². The lowest BCUT2D eigenvalue weighted by atomic mass is 9.93. The number of phenols is 1. The normalized spacial score (nSPS) is 22.3. The van der Waals surface area contributed by atoms with Gasteiger partial charge in [-0.25, -0.2) is 0 Å². The molecule has 1 heterocycles. The third kappa shape index (κ3) is 3.76. The first-order valence-electron chi connectivity index (χ1n) is 7.85. The minimum atomic E-state index is -0.0583. The van der Waals surface area contributed by atoms with Crippen molar-refractivity contribution in [3.8, 4) is 5.75 Å². The molecule has 0 radical (unpaired) electrons. The molecule has 0 bridgehead atoms. The second-order valence-corrected chi connectivity index (χ2v) is 6.10. The van der Waals surface area contributed by atoms with Crippen LogP contribution in [0, 0.1) is 12.8 Å². The molecule has 1 aliphatic heterocycles. The van der Waals surface area contributed by atoms with Crippen LogP contribution in [0.15, 0.2) is 18.2 Å². The number of nitrogens with zero attached hydrogens (tertiary/aromatic N) is 1. The monoisotopic (exact) mass is 290 g/mol. The molecule has 21 heavy (non-hydrogen) atoms. The molecule has 2 atom stereocenters. The molecule has 1 amide bonds. The zero-order valence-corrected chi connectivity index (χ0v) is 13.2. The standard InChI is InChI=1S/C17H26N2O2/c1-4-8-18-15-7-9-19(11-13(15)3)17(21)14-10-12(2)5-6-16(14)20/h5-6,10,13,15,18,20H,4,7-9,11H2,1-3H3. The number of likely N-dealkylation sites (tertiary alicyclic amines) is 1. The van der Waals surface area contributed by atoms with Gasteiger partial charge in [0, 0.05) is 19.1 Å². The zero-order chi connectivity index (χ0) is 15.4. The second kappa shape index (κ2) is 6.94. The Labute approximate surface area is 127 Å². The summed E-state index contributed by atoms with van der Waals surface area (Å²) in [6.07, 6.45) is 2.10. The molecule has 0 spiro atoms. The Morgan fingerprint density at radius 3 is 2.90 bits per heavy atom. The highest BCUT2D eigenvalue weighted by Gasteiger charge is 2.29. The molecule has 2 N–H and O–H groups in total. The summed E-state index contributed by atoms with van der Waals surface area (Å²) < 4.78 is 0. The zero-order valence-electron chi connectivity index (χ0n) is 13.2. The van der Waals surface area contributed by atoms with Gasteiger partial charge in [0.05, 0.1) is 5.56 Å². The van der Waals surface area contributed by atoms with Crippen molar-refractivity contribution < 1.29 is 9.90 Å². The number of benzene rings is 1. The minimum Gasteiger partial charge on any atom is -0.507 e. The Morgan fingerprint density at radius 1 is 1.48 bits per heavy atom. The first-order chi connectivity index (χ1) is 10.0. The number of carbonyl (C=O) groups is 1. The predicted octanol–water partition coefficient (Wildman–Crippen LogP) is 2.55. The molecule has 0 saturated carbocycles. The SMILES string of the molecule is CCCNC1CCN(C(=O)c2cc(C)ccc2O)CC1C. The lowest BCUT2D eigenvalue weighted by molar-refractivity contribution is 0.0642. The van der Waals surface area contributed by atoms with E-state index >= 15 is 0 Å². The summed E-state index contributed by atoms with van der Waals surface area (Å²) in [4.78, 5) is 14.4. The van der Waals surface area contributed by atoms with Crippen molar-refractivity contribution >= 4 is 5.91 Å². The number of piperidine rings is 1. The highest BCUT2D eigenvalue weighted by molar-refractivity contribution is 5.97. The van der Waals surface area contributed by atoms with Crippen LogP contribution in [0.25, 0.3) is 0 Å². The number of hydrogen-bond acceptors (Lipinski definition) is 3. The quantitative estimate of drug-likeness (QED) is 0.896. The van der Waals surface area contributed by atoms with Gasteiger partial charge in [-0.3, -0.25) is 4.79 Å². The first kappa shape index (κ1) is 15.8. The molecule has 0 aromatic heterocycles. The maximum absolute atomic E-state index is 12.6. The Hall–Kier alpha value is -1.55. The van der Waals surface area contributed by atoms with Crippen LogP contribution in [0.3, 0.4) is 0 Å². The van der Waals surface area contributed by atoms with Crippen molar-refractivity contribution in [2.75, 3.05) is 19.6 Å². The number of aromatic hydroxyl groups is 1. The smallest absolute Gasteiger partial charge is 0.257 e. The van der Waals surface area contributed by atoms with Gasteiger partial charge in [0.25, 0.3) is 5.91 Å². The van der Waals surface area contributed by atoms with Crippen LogP contribution in [0.2, 0.25) is 0 Å². The van der Waals surface area contributed by atoms with Gasteiger partial charge in [-0.15, -0.1) is 0 Å². The molecular formula is C17H26N2O2. The van der Waals surface area contributed by atoms with E-state index in [1.54, 1.807) is 12.1 Å². The van der Waals surface area contributed by atoms with Crippen molar-refractivity contribution in [2.45, 2.75) is 39.7 Å². The van der Waals surface area contributed by atoms with Gasteiger partial charge < -0.3 is 15.3 Å². The summed E-state index contributed by atoms with van der Waals surface area (Å²) >= 11 is 0. The molecule has 0 aliphatic carbocycles. The molecule has 116 valence electrons. The van der Waals surface area contributed by atoms with Gasteiger partial charge in [0.2, 0.25) is 0 Å². The maximum Gasteiger partial charge on any atom is 0.257 e. The number of aryl methyl sites for hydroxylation is 1. The van der Waals surface area contributed by atoms with Crippen molar-refractivity contribution in [1.29, 1.82) is 0 Å². The van der Waals surface area contributed by atoms with Crippen molar-refractivity contribution in [3.63, 3.8) is 0 Å². The number of rotatable bonds is 4. The molecule has 1 aliphatic rings. The van der Waals surface area contributed by atoms with Crippen molar-refractivity contribution in [1.82, 2.24) is 10.2 Å². The van der Waals surface area contributed by atoms with E-state index in [2.05, 4.69) is 19.2 Å². The Kier molecular flexibility index (Phi) is 5.23. The van der Waals surface area contributed by atoms with Crippen molar-refractivity contribution in [2.24, 2.45) is 5.92 Å². The predicted molar refractivity (Wildman–Crippen MR) is 84.6 cm³/mol. The van der Waals surface area contributed by atoms with E-state index < -0.39 is 0 Å². The van der Waals surface area contributed by atoms with Crippen LogP contribution in [0.5, 0.6) is 5.75 Å². The third-order valence-corrected chi connectivity index (χ3v) is 4.23. The molecule has 4 nitrogen and oxygen atoms in total. The van der Waals surface area contributed by atoms with E-state index in [9.17, 15) is 9.90 Å². The summed E-state index contributed by atoms with van der Waals surface area (Å²) in [6, 6.07) is 5.67. The van der Waals surface area contributed by atoms with Gasteiger partial charge in [-0.1, -0.05) is 25.5 Å². The Morgan fingerprint density at radius 2 is 2.24 bits per heavy atom. The summed E-state index contributed by atoms with van der Waals surface area (Å²) in [5.41, 5.74) is 1.41. The van der Waals surface area contributed by atoms with Crippen LogP contribution in [-0.2, 0) is 0 Å². The molecule has 1 aromatic carbocycles. The second-order valence-electron chi connectivity index (χ2n) is 6.10. The van der Waals surface area contributed by atoms with E-state index in [1.165, 1.54) is 0 Å². The van der Waals surface area contributed by atoms with Gasteiger partial charge >= 0.3 is 0 Å². The molecule has 1 aromatic rings. The average molecular weight is 290 g/mol. The summed E-state index contributed by atoms with van der Waals surface area (Å²) in [7, 11) is 0. The molecule has 2 unspecified atom stereocenters. The summed E-state index contributed by atoms with van der Waals surface area (Å²) in [5.74, 6) is 0.447. The fraction of sp³-hybridized carbons (Fsp3) is 0.588. The topological polar surface area (TPSA) is 52.6 Å². The van der Waals surface area contributed by atoms with Gasteiger partial charge in [-0.05, 0) is 44.4 Å². The summed E-state index contributed by atoms with van der Waals surface area (Å²) in [5, 5.41) is 13.5. The van der Waals surface area contributed by atoms with Gasteiger partial charge in [0.15, 0.2) is 0 Å². The number of phenolic OH excluding ortho intramolecular Hbond substituents is 1. The molecule has 1 saturated heterocycles. The molecule has 2 rings (SSSR count).